The Labute approximate surface area is 110 Å². The van der Waals surface area contributed by atoms with Crippen LogP contribution in [0.1, 0.15) is 45.3 Å². The zero-order valence-electron chi connectivity index (χ0n) is 11.7. The summed E-state index contributed by atoms with van der Waals surface area (Å²) in [5.74, 6) is 0.785. The van der Waals surface area contributed by atoms with Crippen LogP contribution in [0.15, 0.2) is 24.3 Å². The molecule has 0 aliphatic heterocycles. The van der Waals surface area contributed by atoms with Crippen molar-refractivity contribution in [1.29, 1.82) is 0 Å². The van der Waals surface area contributed by atoms with Crippen LogP contribution in [-0.2, 0) is 4.74 Å². The second-order valence-electron chi connectivity index (χ2n) is 4.75. The summed E-state index contributed by atoms with van der Waals surface area (Å²) in [5, 5.41) is 10.3. The van der Waals surface area contributed by atoms with Gasteiger partial charge in [-0.05, 0) is 38.0 Å². The van der Waals surface area contributed by atoms with Crippen molar-refractivity contribution in [1.82, 2.24) is 0 Å². The molecule has 0 aromatic heterocycles. The van der Waals surface area contributed by atoms with Gasteiger partial charge in [0.05, 0.1) is 12.2 Å². The van der Waals surface area contributed by atoms with Gasteiger partial charge in [0.15, 0.2) is 0 Å². The molecule has 0 aliphatic rings. The molecular formula is C15H24O3. The fourth-order valence-electron chi connectivity index (χ4n) is 1.95. The highest BCUT2D eigenvalue weighted by Gasteiger charge is 2.20. The molecule has 0 spiro atoms. The lowest BCUT2D eigenvalue weighted by Crippen LogP contribution is -2.20. The van der Waals surface area contributed by atoms with Crippen LogP contribution >= 0.6 is 0 Å². The Morgan fingerprint density at radius 3 is 2.56 bits per heavy atom. The highest BCUT2D eigenvalue weighted by Crippen LogP contribution is 2.25. The average molecular weight is 252 g/mol. The molecule has 18 heavy (non-hydrogen) atoms. The number of rotatable bonds is 7. The van der Waals surface area contributed by atoms with Gasteiger partial charge in [0, 0.05) is 7.11 Å². The predicted octanol–water partition coefficient (Wildman–Crippen LogP) is 3.32. The second kappa shape index (κ2) is 7.39. The maximum atomic E-state index is 10.3. The van der Waals surface area contributed by atoms with Gasteiger partial charge < -0.3 is 14.6 Å². The molecule has 1 rings (SSSR count). The van der Waals surface area contributed by atoms with Crippen LogP contribution in [0.2, 0.25) is 0 Å². The number of hydrogen-bond acceptors (Lipinski definition) is 3. The minimum atomic E-state index is -0.606. The van der Waals surface area contributed by atoms with Gasteiger partial charge in [0.25, 0.3) is 0 Å². The van der Waals surface area contributed by atoms with Crippen LogP contribution in [0.5, 0.6) is 5.75 Å². The fourth-order valence-corrected chi connectivity index (χ4v) is 1.95. The van der Waals surface area contributed by atoms with E-state index in [0.29, 0.717) is 0 Å². The van der Waals surface area contributed by atoms with Crippen LogP contribution < -0.4 is 4.74 Å². The molecule has 0 saturated heterocycles. The number of aliphatic hydroxyl groups excluding tert-OH is 1. The Morgan fingerprint density at radius 1 is 1.28 bits per heavy atom. The molecule has 102 valence electrons. The molecule has 2 atom stereocenters. The number of hydrogen-bond donors (Lipinski definition) is 1. The summed E-state index contributed by atoms with van der Waals surface area (Å²) < 4.78 is 11.0. The third-order valence-electron chi connectivity index (χ3n) is 2.80. The molecule has 0 aliphatic carbocycles. The average Bonchev–Trinajstić information content (AvgIpc) is 2.34. The molecule has 3 heteroatoms. The van der Waals surface area contributed by atoms with Crippen molar-refractivity contribution in [3.05, 3.63) is 29.8 Å². The van der Waals surface area contributed by atoms with E-state index in [9.17, 15) is 5.11 Å². The molecule has 2 unspecified atom stereocenters. The van der Waals surface area contributed by atoms with Crippen molar-refractivity contribution < 1.29 is 14.6 Å². The van der Waals surface area contributed by atoms with E-state index in [1.54, 1.807) is 7.11 Å². The predicted molar refractivity (Wildman–Crippen MR) is 72.9 cm³/mol. The van der Waals surface area contributed by atoms with Gasteiger partial charge in [-0.3, -0.25) is 0 Å². The SMILES string of the molecule is CCCC(OC)C(O)c1cccc(OC(C)C)c1. The normalized spacial score (nSPS) is 14.6. The minimum absolute atomic E-state index is 0.131. The first-order chi connectivity index (χ1) is 8.58. The van der Waals surface area contributed by atoms with Crippen molar-refractivity contribution in [2.24, 2.45) is 0 Å². The lowest BCUT2D eigenvalue weighted by Gasteiger charge is -2.22. The Bertz CT molecular complexity index is 349. The zero-order valence-corrected chi connectivity index (χ0v) is 11.7. The highest BCUT2D eigenvalue weighted by atomic mass is 16.5. The Balaban J connectivity index is 2.81. The van der Waals surface area contributed by atoms with E-state index in [4.69, 9.17) is 9.47 Å². The van der Waals surface area contributed by atoms with Crippen LogP contribution in [0.3, 0.4) is 0 Å². The first-order valence-electron chi connectivity index (χ1n) is 6.56. The molecule has 1 N–H and O–H groups in total. The Morgan fingerprint density at radius 2 is 2.00 bits per heavy atom. The molecule has 0 saturated carbocycles. The zero-order chi connectivity index (χ0) is 13.5. The largest absolute Gasteiger partial charge is 0.491 e. The molecule has 0 fully saturated rings. The Kier molecular flexibility index (Phi) is 6.16. The van der Waals surface area contributed by atoms with E-state index in [0.717, 1.165) is 24.2 Å². The monoisotopic (exact) mass is 252 g/mol. The van der Waals surface area contributed by atoms with E-state index < -0.39 is 6.10 Å². The van der Waals surface area contributed by atoms with Crippen LogP contribution in [0, 0.1) is 0 Å². The molecule has 0 radical (unpaired) electrons. The van der Waals surface area contributed by atoms with Gasteiger partial charge in [-0.25, -0.2) is 0 Å². The quantitative estimate of drug-likeness (QED) is 0.809. The van der Waals surface area contributed by atoms with Gasteiger partial charge in [-0.2, -0.15) is 0 Å². The Hall–Kier alpha value is -1.06. The summed E-state index contributed by atoms with van der Waals surface area (Å²) in [7, 11) is 1.64. The third-order valence-corrected chi connectivity index (χ3v) is 2.80. The lowest BCUT2D eigenvalue weighted by atomic mass is 10.0. The standard InChI is InChI=1S/C15H24O3/c1-5-7-14(17-4)15(16)12-8-6-9-13(10-12)18-11(2)3/h6,8-11,14-16H,5,7H2,1-4H3. The number of benzene rings is 1. The minimum Gasteiger partial charge on any atom is -0.491 e. The summed E-state index contributed by atoms with van der Waals surface area (Å²) in [6, 6.07) is 7.58. The first-order valence-corrected chi connectivity index (χ1v) is 6.56. The molecule has 3 nitrogen and oxygen atoms in total. The van der Waals surface area contributed by atoms with Gasteiger partial charge in [0.1, 0.15) is 11.9 Å². The van der Waals surface area contributed by atoms with E-state index in [1.165, 1.54) is 0 Å². The van der Waals surface area contributed by atoms with Gasteiger partial charge >= 0.3 is 0 Å². The number of methoxy groups -OCH3 is 1. The second-order valence-corrected chi connectivity index (χ2v) is 4.75. The third kappa shape index (κ3) is 4.31. The smallest absolute Gasteiger partial charge is 0.120 e. The number of ether oxygens (including phenoxy) is 2. The van der Waals surface area contributed by atoms with Crippen molar-refractivity contribution in [3.63, 3.8) is 0 Å². The van der Waals surface area contributed by atoms with Crippen LogP contribution in [0.4, 0.5) is 0 Å². The van der Waals surface area contributed by atoms with Gasteiger partial charge in [0.2, 0.25) is 0 Å². The van der Waals surface area contributed by atoms with Crippen molar-refractivity contribution in [2.75, 3.05) is 7.11 Å². The first kappa shape index (κ1) is 15.0. The van der Waals surface area contributed by atoms with E-state index in [2.05, 4.69) is 6.92 Å². The molecule has 0 bridgehead atoms. The van der Waals surface area contributed by atoms with Crippen LogP contribution in [-0.4, -0.2) is 24.4 Å². The maximum Gasteiger partial charge on any atom is 0.120 e. The van der Waals surface area contributed by atoms with Crippen LogP contribution in [0.25, 0.3) is 0 Å². The molecule has 0 heterocycles. The summed E-state index contributed by atoms with van der Waals surface area (Å²) in [6.45, 7) is 6.05. The number of aliphatic hydroxyl groups is 1. The van der Waals surface area contributed by atoms with Gasteiger partial charge in [-0.1, -0.05) is 25.5 Å². The fraction of sp³-hybridized carbons (Fsp3) is 0.600. The summed E-state index contributed by atoms with van der Waals surface area (Å²) in [6.07, 6.45) is 1.19. The molecular weight excluding hydrogens is 228 g/mol. The summed E-state index contributed by atoms with van der Waals surface area (Å²) >= 11 is 0. The van der Waals surface area contributed by atoms with E-state index >= 15 is 0 Å². The van der Waals surface area contributed by atoms with Crippen molar-refractivity contribution in [3.8, 4) is 5.75 Å². The highest BCUT2D eigenvalue weighted by molar-refractivity contribution is 5.30. The summed E-state index contributed by atoms with van der Waals surface area (Å²) in [5.41, 5.74) is 0.841. The summed E-state index contributed by atoms with van der Waals surface area (Å²) in [4.78, 5) is 0. The van der Waals surface area contributed by atoms with E-state index in [1.807, 2.05) is 38.1 Å². The maximum absolute atomic E-state index is 10.3. The topological polar surface area (TPSA) is 38.7 Å². The van der Waals surface area contributed by atoms with E-state index in [-0.39, 0.29) is 12.2 Å². The van der Waals surface area contributed by atoms with Gasteiger partial charge in [-0.15, -0.1) is 0 Å². The lowest BCUT2D eigenvalue weighted by molar-refractivity contribution is -0.0180. The molecule has 1 aromatic rings. The van der Waals surface area contributed by atoms with Crippen molar-refractivity contribution >= 4 is 0 Å². The molecule has 1 aromatic carbocycles. The molecule has 0 amide bonds. The van der Waals surface area contributed by atoms with Crippen molar-refractivity contribution in [2.45, 2.75) is 51.9 Å².